The Balaban J connectivity index is 1.08. The molecular formula is C53H37NS. The summed E-state index contributed by atoms with van der Waals surface area (Å²) in [5, 5.41) is 7.76. The summed E-state index contributed by atoms with van der Waals surface area (Å²) in [6, 6.07) is 69.7. The third-order valence-corrected chi connectivity index (χ3v) is 13.0. The van der Waals surface area contributed by atoms with Gasteiger partial charge in [-0.05, 0) is 115 Å². The van der Waals surface area contributed by atoms with Crippen LogP contribution in [0.25, 0.3) is 75.1 Å². The summed E-state index contributed by atoms with van der Waals surface area (Å²) in [6.07, 6.45) is 0. The molecule has 0 saturated heterocycles. The third-order valence-electron chi connectivity index (χ3n) is 11.8. The largest absolute Gasteiger partial charge is 0.310 e. The minimum Gasteiger partial charge on any atom is -0.310 e. The normalized spacial score (nSPS) is 13.1. The first-order valence-corrected chi connectivity index (χ1v) is 19.9. The summed E-state index contributed by atoms with van der Waals surface area (Å²) in [5.41, 5.74) is 13.6. The van der Waals surface area contributed by atoms with Crippen LogP contribution in [0.3, 0.4) is 0 Å². The molecule has 0 fully saturated rings. The highest BCUT2D eigenvalue weighted by atomic mass is 32.1. The highest BCUT2D eigenvalue weighted by Gasteiger charge is 2.36. The first-order valence-electron chi connectivity index (χ1n) is 19.1. The molecule has 0 radical (unpaired) electrons. The SMILES string of the molecule is CC1(C)c2cc(-c3cc4ccccc4c4ccccc34)ccc2-c2ccc(N(c3ccc4sc5ccccc5c4c3)c3ccccc3-c3ccccc3)cc21. The highest BCUT2D eigenvalue weighted by Crippen LogP contribution is 2.53. The zero-order valence-electron chi connectivity index (χ0n) is 30.8. The van der Waals surface area contributed by atoms with Crippen molar-refractivity contribution in [1.82, 2.24) is 0 Å². The fraction of sp³-hybridized carbons (Fsp3) is 0.0566. The topological polar surface area (TPSA) is 3.24 Å². The Morgan fingerprint density at radius 2 is 1.00 bits per heavy atom. The van der Waals surface area contributed by atoms with Crippen LogP contribution in [0.1, 0.15) is 25.0 Å². The number of benzene rings is 9. The number of hydrogen-bond acceptors (Lipinski definition) is 2. The number of anilines is 3. The van der Waals surface area contributed by atoms with Gasteiger partial charge in [-0.1, -0.05) is 147 Å². The van der Waals surface area contributed by atoms with Crippen LogP contribution in [0.15, 0.2) is 188 Å². The number of para-hydroxylation sites is 1. The summed E-state index contributed by atoms with van der Waals surface area (Å²) >= 11 is 1.86. The highest BCUT2D eigenvalue weighted by molar-refractivity contribution is 7.25. The summed E-state index contributed by atoms with van der Waals surface area (Å²) in [5.74, 6) is 0. The number of nitrogens with zero attached hydrogens (tertiary/aromatic N) is 1. The van der Waals surface area contributed by atoms with E-state index in [0.717, 1.165) is 17.1 Å². The minimum absolute atomic E-state index is 0.207. The van der Waals surface area contributed by atoms with Gasteiger partial charge in [0, 0.05) is 42.5 Å². The molecule has 0 unspecified atom stereocenters. The van der Waals surface area contributed by atoms with E-state index in [4.69, 9.17) is 0 Å². The van der Waals surface area contributed by atoms with E-state index in [-0.39, 0.29) is 5.41 Å². The van der Waals surface area contributed by atoms with Crippen molar-refractivity contribution in [3.05, 3.63) is 199 Å². The van der Waals surface area contributed by atoms with Crippen molar-refractivity contribution in [2.45, 2.75) is 19.3 Å². The second-order valence-electron chi connectivity index (χ2n) is 15.3. The molecule has 11 rings (SSSR count). The Kier molecular flexibility index (Phi) is 7.14. The lowest BCUT2D eigenvalue weighted by molar-refractivity contribution is 0.660. The number of thiophene rings is 1. The maximum atomic E-state index is 2.47. The van der Waals surface area contributed by atoms with E-state index in [2.05, 4.69) is 207 Å². The Bertz CT molecular complexity index is 3130. The maximum Gasteiger partial charge on any atom is 0.0540 e. The molecule has 0 atom stereocenters. The molecule has 0 amide bonds. The molecule has 0 saturated carbocycles. The van der Waals surface area contributed by atoms with E-state index in [1.165, 1.54) is 86.2 Å². The van der Waals surface area contributed by atoms with Gasteiger partial charge in [-0.15, -0.1) is 11.3 Å². The predicted molar refractivity (Wildman–Crippen MR) is 237 cm³/mol. The van der Waals surface area contributed by atoms with E-state index in [1.807, 2.05) is 11.3 Å². The van der Waals surface area contributed by atoms with Gasteiger partial charge >= 0.3 is 0 Å². The Morgan fingerprint density at radius 1 is 0.382 bits per heavy atom. The van der Waals surface area contributed by atoms with Gasteiger partial charge in [-0.3, -0.25) is 0 Å². The zero-order chi connectivity index (χ0) is 36.7. The molecule has 10 aromatic rings. The molecule has 0 spiro atoms. The Morgan fingerprint density at radius 3 is 1.85 bits per heavy atom. The smallest absolute Gasteiger partial charge is 0.0540 e. The van der Waals surface area contributed by atoms with E-state index in [0.29, 0.717) is 0 Å². The molecular weight excluding hydrogens is 683 g/mol. The number of rotatable bonds is 5. The van der Waals surface area contributed by atoms with Crippen LogP contribution in [-0.4, -0.2) is 0 Å². The molecule has 2 heteroatoms. The Labute approximate surface area is 325 Å². The third kappa shape index (κ3) is 4.99. The molecule has 0 bridgehead atoms. The van der Waals surface area contributed by atoms with E-state index in [1.54, 1.807) is 0 Å². The molecule has 1 aliphatic rings. The van der Waals surface area contributed by atoms with Crippen molar-refractivity contribution in [2.75, 3.05) is 4.90 Å². The van der Waals surface area contributed by atoms with Crippen molar-refractivity contribution >= 4 is 70.1 Å². The average Bonchev–Trinajstić information content (AvgIpc) is 3.72. The van der Waals surface area contributed by atoms with Crippen LogP contribution in [-0.2, 0) is 5.41 Å². The van der Waals surface area contributed by atoms with Crippen LogP contribution in [0.2, 0.25) is 0 Å². The van der Waals surface area contributed by atoms with Gasteiger partial charge in [0.1, 0.15) is 0 Å². The standard InChI is InChI=1S/C53H37NS/c1-53(2)48-31-36(46-30-35-16-6-7-17-39(35)41-19-8-9-20-42(41)46)24-27-43(48)44-28-25-38(33-49(44)53)54(50-22-12-10-18-40(50)34-14-4-3-5-15-34)37-26-29-52-47(32-37)45-21-11-13-23-51(45)55-52/h3-33H,1-2H3. The minimum atomic E-state index is -0.207. The summed E-state index contributed by atoms with van der Waals surface area (Å²) in [7, 11) is 0. The van der Waals surface area contributed by atoms with Crippen LogP contribution in [0.4, 0.5) is 17.1 Å². The van der Waals surface area contributed by atoms with Gasteiger partial charge in [-0.2, -0.15) is 0 Å². The van der Waals surface area contributed by atoms with E-state index in [9.17, 15) is 0 Å². The summed E-state index contributed by atoms with van der Waals surface area (Å²) in [6.45, 7) is 4.80. The zero-order valence-corrected chi connectivity index (χ0v) is 31.6. The molecule has 260 valence electrons. The quantitative estimate of drug-likeness (QED) is 0.160. The first kappa shape index (κ1) is 32.0. The van der Waals surface area contributed by atoms with Crippen molar-refractivity contribution in [3.63, 3.8) is 0 Å². The van der Waals surface area contributed by atoms with Gasteiger partial charge in [0.2, 0.25) is 0 Å². The summed E-state index contributed by atoms with van der Waals surface area (Å²) < 4.78 is 2.63. The predicted octanol–water partition coefficient (Wildman–Crippen LogP) is 15.5. The van der Waals surface area contributed by atoms with E-state index < -0.39 is 0 Å². The van der Waals surface area contributed by atoms with Crippen LogP contribution < -0.4 is 4.90 Å². The maximum absolute atomic E-state index is 2.47. The lowest BCUT2D eigenvalue weighted by Crippen LogP contribution is -2.17. The van der Waals surface area contributed by atoms with Crippen molar-refractivity contribution in [1.29, 1.82) is 0 Å². The number of hydrogen-bond donors (Lipinski definition) is 0. The molecule has 1 heterocycles. The number of fused-ring (bicyclic) bond motifs is 9. The second-order valence-corrected chi connectivity index (χ2v) is 16.4. The molecule has 0 aliphatic heterocycles. The van der Waals surface area contributed by atoms with Crippen LogP contribution in [0, 0.1) is 0 Å². The van der Waals surface area contributed by atoms with Crippen LogP contribution in [0.5, 0.6) is 0 Å². The second kappa shape index (κ2) is 12.3. The summed E-state index contributed by atoms with van der Waals surface area (Å²) in [4.78, 5) is 2.47. The fourth-order valence-corrected chi connectivity index (χ4v) is 10.2. The van der Waals surface area contributed by atoms with Gasteiger partial charge in [0.05, 0.1) is 5.69 Å². The monoisotopic (exact) mass is 719 g/mol. The first-order chi connectivity index (χ1) is 27.0. The molecule has 1 aliphatic carbocycles. The molecule has 0 N–H and O–H groups in total. The van der Waals surface area contributed by atoms with Crippen LogP contribution >= 0.6 is 11.3 Å². The lowest BCUT2D eigenvalue weighted by Gasteiger charge is -2.30. The lowest BCUT2D eigenvalue weighted by atomic mass is 9.81. The average molecular weight is 720 g/mol. The van der Waals surface area contributed by atoms with Gasteiger partial charge in [-0.25, -0.2) is 0 Å². The van der Waals surface area contributed by atoms with Gasteiger partial charge in [0.15, 0.2) is 0 Å². The van der Waals surface area contributed by atoms with Crippen molar-refractivity contribution in [3.8, 4) is 33.4 Å². The van der Waals surface area contributed by atoms with E-state index >= 15 is 0 Å². The van der Waals surface area contributed by atoms with Crippen molar-refractivity contribution in [2.24, 2.45) is 0 Å². The molecule has 1 nitrogen and oxygen atoms in total. The van der Waals surface area contributed by atoms with Crippen molar-refractivity contribution < 1.29 is 0 Å². The molecule has 9 aromatic carbocycles. The molecule has 55 heavy (non-hydrogen) atoms. The van der Waals surface area contributed by atoms with Gasteiger partial charge < -0.3 is 4.90 Å². The Hall–Kier alpha value is -6.48. The van der Waals surface area contributed by atoms with Gasteiger partial charge in [0.25, 0.3) is 0 Å². The fourth-order valence-electron chi connectivity index (χ4n) is 9.14. The molecule has 1 aromatic heterocycles.